The van der Waals surface area contributed by atoms with E-state index < -0.39 is 11.8 Å². The summed E-state index contributed by atoms with van der Waals surface area (Å²) in [6, 6.07) is 6.63. The number of methoxy groups -OCH3 is 1. The molecule has 0 N–H and O–H groups in total. The Morgan fingerprint density at radius 1 is 1.24 bits per heavy atom. The summed E-state index contributed by atoms with van der Waals surface area (Å²) in [5, 5.41) is 0. The van der Waals surface area contributed by atoms with E-state index in [1.165, 1.54) is 0 Å². The third-order valence-electron chi connectivity index (χ3n) is 4.00. The van der Waals surface area contributed by atoms with Crippen LogP contribution in [0.1, 0.15) is 27.1 Å². The van der Waals surface area contributed by atoms with Crippen molar-refractivity contribution in [2.75, 3.05) is 26.7 Å². The molecule has 3 amide bonds. The van der Waals surface area contributed by atoms with Crippen molar-refractivity contribution in [2.45, 2.75) is 12.5 Å². The minimum absolute atomic E-state index is 0.0381. The largest absolute Gasteiger partial charge is 0.380 e. The number of hydrogen-bond acceptors (Lipinski definition) is 4. The van der Waals surface area contributed by atoms with Crippen LogP contribution in [-0.4, -0.2) is 60.4 Å². The smallest absolute Gasteiger partial charge is 0.262 e. The Kier molecular flexibility index (Phi) is 3.47. The van der Waals surface area contributed by atoms with Crippen LogP contribution in [0.25, 0.3) is 0 Å². The third-order valence-corrected chi connectivity index (χ3v) is 4.00. The first kappa shape index (κ1) is 13.8. The van der Waals surface area contributed by atoms with E-state index in [-0.39, 0.29) is 18.6 Å². The number of fused-ring (bicyclic) bond motifs is 1. The average Bonchev–Trinajstić information content (AvgIpc) is 3.07. The molecular formula is C15H16N2O4. The van der Waals surface area contributed by atoms with Gasteiger partial charge < -0.3 is 9.64 Å². The van der Waals surface area contributed by atoms with Gasteiger partial charge in [-0.3, -0.25) is 19.3 Å². The summed E-state index contributed by atoms with van der Waals surface area (Å²) < 4.78 is 5.21. The van der Waals surface area contributed by atoms with Crippen molar-refractivity contribution in [1.29, 1.82) is 0 Å². The first-order chi connectivity index (χ1) is 10.1. The minimum Gasteiger partial charge on any atom is -0.380 e. The summed E-state index contributed by atoms with van der Waals surface area (Å²) >= 11 is 0. The van der Waals surface area contributed by atoms with Gasteiger partial charge in [0.15, 0.2) is 0 Å². The first-order valence-electron chi connectivity index (χ1n) is 6.87. The zero-order chi connectivity index (χ0) is 15.0. The van der Waals surface area contributed by atoms with Gasteiger partial charge in [-0.1, -0.05) is 12.1 Å². The lowest BCUT2D eigenvalue weighted by Crippen LogP contribution is -2.42. The lowest BCUT2D eigenvalue weighted by Gasteiger charge is -2.20. The standard InChI is InChI=1S/C15H16N2O4/c1-21-10-6-7-16(8-10)13(18)9-17-14(19)11-4-2-3-5-12(11)15(17)20/h2-5,10H,6-9H2,1H3. The van der Waals surface area contributed by atoms with E-state index in [9.17, 15) is 14.4 Å². The van der Waals surface area contributed by atoms with Crippen LogP contribution in [-0.2, 0) is 9.53 Å². The Morgan fingerprint density at radius 2 is 1.86 bits per heavy atom. The monoisotopic (exact) mass is 288 g/mol. The van der Waals surface area contributed by atoms with Gasteiger partial charge in [0.1, 0.15) is 6.54 Å². The molecule has 2 aliphatic heterocycles. The maximum Gasteiger partial charge on any atom is 0.262 e. The van der Waals surface area contributed by atoms with Crippen LogP contribution in [0.4, 0.5) is 0 Å². The molecule has 1 saturated heterocycles. The van der Waals surface area contributed by atoms with Gasteiger partial charge in [0.2, 0.25) is 5.91 Å². The topological polar surface area (TPSA) is 66.9 Å². The number of benzene rings is 1. The van der Waals surface area contributed by atoms with Crippen LogP contribution in [0.3, 0.4) is 0 Å². The van der Waals surface area contributed by atoms with Crippen molar-refractivity contribution in [2.24, 2.45) is 0 Å². The van der Waals surface area contributed by atoms with Crippen molar-refractivity contribution < 1.29 is 19.1 Å². The molecule has 21 heavy (non-hydrogen) atoms. The minimum atomic E-state index is -0.397. The number of likely N-dealkylation sites (tertiary alicyclic amines) is 1. The van der Waals surface area contributed by atoms with E-state index in [4.69, 9.17) is 4.74 Å². The van der Waals surface area contributed by atoms with Gasteiger partial charge in [-0.2, -0.15) is 0 Å². The highest BCUT2D eigenvalue weighted by molar-refractivity contribution is 6.22. The average molecular weight is 288 g/mol. The number of ether oxygens (including phenoxy) is 1. The first-order valence-corrected chi connectivity index (χ1v) is 6.87. The van der Waals surface area contributed by atoms with Crippen molar-refractivity contribution in [3.8, 4) is 0 Å². The van der Waals surface area contributed by atoms with Crippen LogP contribution in [0, 0.1) is 0 Å². The Labute approximate surface area is 122 Å². The molecule has 1 unspecified atom stereocenters. The molecule has 3 rings (SSSR count). The van der Waals surface area contributed by atoms with E-state index in [1.54, 1.807) is 36.3 Å². The molecule has 6 heteroatoms. The number of imide groups is 1. The summed E-state index contributed by atoms with van der Waals surface area (Å²) in [5.74, 6) is -1.01. The molecule has 0 saturated carbocycles. The molecule has 1 aromatic rings. The van der Waals surface area contributed by atoms with Gasteiger partial charge in [0.25, 0.3) is 11.8 Å². The summed E-state index contributed by atoms with van der Waals surface area (Å²) in [6.45, 7) is 0.905. The Hall–Kier alpha value is -2.21. The highest BCUT2D eigenvalue weighted by Crippen LogP contribution is 2.22. The van der Waals surface area contributed by atoms with Crippen molar-refractivity contribution in [3.05, 3.63) is 35.4 Å². The molecule has 0 aromatic heterocycles. The second-order valence-corrected chi connectivity index (χ2v) is 5.23. The van der Waals surface area contributed by atoms with Gasteiger partial charge in [-0.15, -0.1) is 0 Å². The van der Waals surface area contributed by atoms with Crippen molar-refractivity contribution >= 4 is 17.7 Å². The predicted octanol–water partition coefficient (Wildman–Crippen LogP) is 0.530. The van der Waals surface area contributed by atoms with E-state index in [0.29, 0.717) is 24.2 Å². The van der Waals surface area contributed by atoms with Gasteiger partial charge >= 0.3 is 0 Å². The fraction of sp³-hybridized carbons (Fsp3) is 0.400. The second kappa shape index (κ2) is 5.29. The second-order valence-electron chi connectivity index (χ2n) is 5.23. The Bertz CT molecular complexity index is 578. The van der Waals surface area contributed by atoms with E-state index in [0.717, 1.165) is 11.3 Å². The molecule has 110 valence electrons. The number of hydrogen-bond donors (Lipinski definition) is 0. The molecule has 1 atom stereocenters. The molecule has 0 radical (unpaired) electrons. The van der Waals surface area contributed by atoms with Crippen molar-refractivity contribution in [3.63, 3.8) is 0 Å². The molecule has 1 fully saturated rings. The number of amides is 3. The zero-order valence-electron chi connectivity index (χ0n) is 11.7. The lowest BCUT2D eigenvalue weighted by atomic mass is 10.1. The SMILES string of the molecule is COC1CCN(C(=O)CN2C(=O)c3ccccc3C2=O)C1. The van der Waals surface area contributed by atoms with Crippen LogP contribution in [0.5, 0.6) is 0 Å². The van der Waals surface area contributed by atoms with Crippen LogP contribution in [0.2, 0.25) is 0 Å². The maximum atomic E-state index is 12.2. The Balaban J connectivity index is 1.71. The van der Waals surface area contributed by atoms with Crippen molar-refractivity contribution in [1.82, 2.24) is 9.80 Å². The fourth-order valence-electron chi connectivity index (χ4n) is 2.77. The highest BCUT2D eigenvalue weighted by Gasteiger charge is 2.37. The Morgan fingerprint density at radius 3 is 2.38 bits per heavy atom. The molecule has 0 bridgehead atoms. The highest BCUT2D eigenvalue weighted by atomic mass is 16.5. The third kappa shape index (κ3) is 2.31. The molecule has 2 heterocycles. The van der Waals surface area contributed by atoms with Gasteiger partial charge in [-0.25, -0.2) is 0 Å². The predicted molar refractivity (Wildman–Crippen MR) is 73.8 cm³/mol. The summed E-state index contributed by atoms with van der Waals surface area (Å²) in [4.78, 5) is 39.3. The van der Waals surface area contributed by atoms with Gasteiger partial charge in [0.05, 0.1) is 17.2 Å². The molecule has 0 aliphatic carbocycles. The van der Waals surface area contributed by atoms with E-state index >= 15 is 0 Å². The molecule has 0 spiro atoms. The van der Waals surface area contributed by atoms with Crippen LogP contribution >= 0.6 is 0 Å². The number of carbonyl (C=O) groups excluding carboxylic acids is 3. The summed E-state index contributed by atoms with van der Waals surface area (Å²) in [7, 11) is 1.61. The zero-order valence-corrected chi connectivity index (χ0v) is 11.7. The summed E-state index contributed by atoms with van der Waals surface area (Å²) in [6.07, 6.45) is 0.820. The van der Waals surface area contributed by atoms with Crippen LogP contribution < -0.4 is 0 Å². The van der Waals surface area contributed by atoms with Crippen LogP contribution in [0.15, 0.2) is 24.3 Å². The normalized spacial score (nSPS) is 21.1. The molecule has 2 aliphatic rings. The molecule has 1 aromatic carbocycles. The van der Waals surface area contributed by atoms with E-state index in [2.05, 4.69) is 0 Å². The molecule has 6 nitrogen and oxygen atoms in total. The van der Waals surface area contributed by atoms with E-state index in [1.807, 2.05) is 0 Å². The summed E-state index contributed by atoms with van der Waals surface area (Å²) in [5.41, 5.74) is 0.734. The fourth-order valence-corrected chi connectivity index (χ4v) is 2.77. The number of carbonyl (C=O) groups is 3. The maximum absolute atomic E-state index is 12.2. The number of nitrogens with zero attached hydrogens (tertiary/aromatic N) is 2. The van der Waals surface area contributed by atoms with Gasteiger partial charge in [-0.05, 0) is 18.6 Å². The number of rotatable bonds is 3. The quantitative estimate of drug-likeness (QED) is 0.761. The van der Waals surface area contributed by atoms with Gasteiger partial charge in [0, 0.05) is 20.2 Å². The molecular weight excluding hydrogens is 272 g/mol. The lowest BCUT2D eigenvalue weighted by molar-refractivity contribution is -0.130.